The number of fused-ring (bicyclic) bond motifs is 1. The van der Waals surface area contributed by atoms with Crippen LogP contribution in [0.25, 0.3) is 28.1 Å². The highest BCUT2D eigenvalue weighted by atomic mass is 19.1. The molecular formula is C28H30FNO4. The van der Waals surface area contributed by atoms with Crippen molar-refractivity contribution in [2.75, 3.05) is 6.61 Å². The number of aliphatic hydroxyl groups is 2. The SMILES string of the molecule is CCCOC(=O)C[C@H](O)C[C@H](O)/C=C/c1c(C2CC2)nc2ccccc2c1-c1ccc(F)cc1. The van der Waals surface area contributed by atoms with E-state index < -0.39 is 18.2 Å². The van der Waals surface area contributed by atoms with E-state index in [1.165, 1.54) is 12.1 Å². The average molecular weight is 464 g/mol. The molecule has 1 aromatic heterocycles. The summed E-state index contributed by atoms with van der Waals surface area (Å²) in [5.74, 6) is -0.429. The van der Waals surface area contributed by atoms with Crippen molar-refractivity contribution in [3.8, 4) is 11.1 Å². The van der Waals surface area contributed by atoms with Crippen LogP contribution in [0.4, 0.5) is 4.39 Å². The van der Waals surface area contributed by atoms with Crippen LogP contribution < -0.4 is 0 Å². The Hall–Kier alpha value is -3.09. The first-order chi connectivity index (χ1) is 16.5. The normalized spacial score (nSPS) is 15.5. The zero-order valence-corrected chi connectivity index (χ0v) is 19.3. The van der Waals surface area contributed by atoms with E-state index in [9.17, 15) is 19.4 Å². The van der Waals surface area contributed by atoms with Gasteiger partial charge in [0.1, 0.15) is 5.82 Å². The van der Waals surface area contributed by atoms with Crippen LogP contribution in [0, 0.1) is 5.82 Å². The molecular weight excluding hydrogens is 433 g/mol. The number of aliphatic hydroxyl groups excluding tert-OH is 2. The first-order valence-electron chi connectivity index (χ1n) is 11.8. The van der Waals surface area contributed by atoms with E-state index >= 15 is 0 Å². The molecule has 178 valence electrons. The molecule has 0 unspecified atom stereocenters. The van der Waals surface area contributed by atoms with Crippen molar-refractivity contribution in [2.45, 2.75) is 57.2 Å². The van der Waals surface area contributed by atoms with Gasteiger partial charge in [0, 0.05) is 28.9 Å². The highest BCUT2D eigenvalue weighted by Gasteiger charge is 2.29. The van der Waals surface area contributed by atoms with Gasteiger partial charge in [-0.25, -0.2) is 4.39 Å². The molecule has 2 aromatic carbocycles. The van der Waals surface area contributed by atoms with Crippen molar-refractivity contribution in [1.29, 1.82) is 0 Å². The average Bonchev–Trinajstić information content (AvgIpc) is 3.66. The number of hydrogen-bond acceptors (Lipinski definition) is 5. The molecule has 0 amide bonds. The van der Waals surface area contributed by atoms with Crippen molar-refractivity contribution < 1.29 is 24.1 Å². The van der Waals surface area contributed by atoms with E-state index in [1.807, 2.05) is 37.3 Å². The lowest BCUT2D eigenvalue weighted by Crippen LogP contribution is -2.21. The number of aromatic nitrogens is 1. The van der Waals surface area contributed by atoms with Crippen molar-refractivity contribution in [2.24, 2.45) is 0 Å². The molecule has 2 N–H and O–H groups in total. The quantitative estimate of drug-likeness (QED) is 0.394. The van der Waals surface area contributed by atoms with Crippen LogP contribution in [0.2, 0.25) is 0 Å². The minimum absolute atomic E-state index is 0.0172. The highest BCUT2D eigenvalue weighted by Crippen LogP contribution is 2.45. The minimum Gasteiger partial charge on any atom is -0.466 e. The Kier molecular flexibility index (Phi) is 7.70. The molecule has 0 aliphatic heterocycles. The molecule has 34 heavy (non-hydrogen) atoms. The summed E-state index contributed by atoms with van der Waals surface area (Å²) in [5.41, 5.74) is 4.55. The van der Waals surface area contributed by atoms with E-state index in [0.717, 1.165) is 46.1 Å². The number of hydrogen-bond donors (Lipinski definition) is 2. The summed E-state index contributed by atoms with van der Waals surface area (Å²) in [6, 6.07) is 14.3. The molecule has 1 heterocycles. The summed E-state index contributed by atoms with van der Waals surface area (Å²) in [5, 5.41) is 21.7. The number of para-hydroxylation sites is 1. The predicted octanol–water partition coefficient (Wildman–Crippen LogP) is 5.39. The van der Waals surface area contributed by atoms with Crippen molar-refractivity contribution in [3.63, 3.8) is 0 Å². The molecule has 0 saturated heterocycles. The Morgan fingerprint density at radius 2 is 1.91 bits per heavy atom. The molecule has 1 fully saturated rings. The summed E-state index contributed by atoms with van der Waals surface area (Å²) in [4.78, 5) is 16.7. The maximum Gasteiger partial charge on any atom is 0.308 e. The zero-order chi connectivity index (χ0) is 24.1. The highest BCUT2D eigenvalue weighted by molar-refractivity contribution is 5.99. The number of rotatable bonds is 10. The molecule has 1 aliphatic rings. The van der Waals surface area contributed by atoms with Gasteiger partial charge in [-0.1, -0.05) is 49.4 Å². The second-order valence-electron chi connectivity index (χ2n) is 8.82. The second-order valence-corrected chi connectivity index (χ2v) is 8.82. The summed E-state index contributed by atoms with van der Waals surface area (Å²) in [6.07, 6.45) is 4.20. The standard InChI is InChI=1S/C28H30FNO4/c1-2-15-34-26(33)17-22(32)16-21(31)13-14-24-27(18-9-11-20(29)12-10-18)23-5-3-4-6-25(23)30-28(24)19-7-8-19/h3-6,9-14,19,21-22,31-32H,2,7-8,15-17H2,1H3/b14-13+/t21-,22-/m1/s1. The van der Waals surface area contributed by atoms with Gasteiger partial charge in [-0.05, 0) is 43.0 Å². The van der Waals surface area contributed by atoms with Crippen LogP contribution in [-0.4, -0.2) is 40.0 Å². The first-order valence-corrected chi connectivity index (χ1v) is 11.8. The number of esters is 1. The van der Waals surface area contributed by atoms with Crippen molar-refractivity contribution in [3.05, 3.63) is 71.7 Å². The van der Waals surface area contributed by atoms with Crippen LogP contribution in [-0.2, 0) is 9.53 Å². The van der Waals surface area contributed by atoms with E-state index in [1.54, 1.807) is 18.2 Å². The van der Waals surface area contributed by atoms with Gasteiger partial charge in [0.15, 0.2) is 0 Å². The van der Waals surface area contributed by atoms with Gasteiger partial charge in [0.05, 0.1) is 36.4 Å². The monoisotopic (exact) mass is 463 g/mol. The van der Waals surface area contributed by atoms with Crippen LogP contribution in [0.5, 0.6) is 0 Å². The predicted molar refractivity (Wildman–Crippen MR) is 131 cm³/mol. The molecule has 4 rings (SSSR count). The van der Waals surface area contributed by atoms with Crippen LogP contribution in [0.3, 0.4) is 0 Å². The Balaban J connectivity index is 1.65. The van der Waals surface area contributed by atoms with Gasteiger partial charge in [0.2, 0.25) is 0 Å². The number of carbonyl (C=O) groups excluding carboxylic acids is 1. The maximum absolute atomic E-state index is 13.7. The summed E-state index contributed by atoms with van der Waals surface area (Å²) in [7, 11) is 0. The Labute approximate surface area is 198 Å². The van der Waals surface area contributed by atoms with Gasteiger partial charge in [-0.15, -0.1) is 0 Å². The zero-order valence-electron chi connectivity index (χ0n) is 19.3. The number of halogens is 1. The van der Waals surface area contributed by atoms with Gasteiger partial charge >= 0.3 is 5.97 Å². The van der Waals surface area contributed by atoms with E-state index in [2.05, 4.69) is 0 Å². The summed E-state index contributed by atoms with van der Waals surface area (Å²) >= 11 is 0. The number of nitrogens with zero attached hydrogens (tertiary/aromatic N) is 1. The van der Waals surface area contributed by atoms with Crippen LogP contribution in [0.1, 0.15) is 56.2 Å². The summed E-state index contributed by atoms with van der Waals surface area (Å²) < 4.78 is 18.7. The number of benzene rings is 2. The van der Waals surface area contributed by atoms with Gasteiger partial charge in [-0.2, -0.15) is 0 Å². The Morgan fingerprint density at radius 1 is 1.18 bits per heavy atom. The third-order valence-electron chi connectivity index (χ3n) is 5.92. The molecule has 0 radical (unpaired) electrons. The molecule has 5 nitrogen and oxygen atoms in total. The van der Waals surface area contributed by atoms with Gasteiger partial charge in [-0.3, -0.25) is 9.78 Å². The summed E-state index contributed by atoms with van der Waals surface area (Å²) in [6.45, 7) is 2.22. The van der Waals surface area contributed by atoms with E-state index in [4.69, 9.17) is 9.72 Å². The van der Waals surface area contributed by atoms with Crippen LogP contribution in [0.15, 0.2) is 54.6 Å². The number of ether oxygens (including phenoxy) is 1. The fourth-order valence-corrected chi connectivity index (χ4v) is 4.13. The number of carbonyl (C=O) groups is 1. The van der Waals surface area contributed by atoms with Crippen LogP contribution >= 0.6 is 0 Å². The lowest BCUT2D eigenvalue weighted by molar-refractivity contribution is -0.146. The lowest BCUT2D eigenvalue weighted by Gasteiger charge is -2.16. The topological polar surface area (TPSA) is 79.7 Å². The molecule has 1 saturated carbocycles. The molecule has 3 aromatic rings. The fraction of sp³-hybridized carbons (Fsp3) is 0.357. The molecule has 2 atom stereocenters. The Bertz CT molecular complexity index is 1170. The number of pyridine rings is 1. The van der Waals surface area contributed by atoms with E-state index in [0.29, 0.717) is 18.9 Å². The third kappa shape index (κ3) is 5.88. The van der Waals surface area contributed by atoms with Crippen molar-refractivity contribution >= 4 is 22.9 Å². The third-order valence-corrected chi connectivity index (χ3v) is 5.92. The molecule has 0 spiro atoms. The maximum atomic E-state index is 13.7. The Morgan fingerprint density at radius 3 is 2.62 bits per heavy atom. The smallest absolute Gasteiger partial charge is 0.308 e. The molecule has 6 heteroatoms. The minimum atomic E-state index is -1.00. The van der Waals surface area contributed by atoms with Gasteiger partial charge < -0.3 is 14.9 Å². The molecule has 1 aliphatic carbocycles. The van der Waals surface area contributed by atoms with E-state index in [-0.39, 0.29) is 18.7 Å². The van der Waals surface area contributed by atoms with Crippen molar-refractivity contribution in [1.82, 2.24) is 4.98 Å². The van der Waals surface area contributed by atoms with Gasteiger partial charge in [0.25, 0.3) is 0 Å². The largest absolute Gasteiger partial charge is 0.466 e. The fourth-order valence-electron chi connectivity index (χ4n) is 4.13. The molecule has 0 bridgehead atoms. The first kappa shape index (κ1) is 24.0. The lowest BCUT2D eigenvalue weighted by atomic mass is 9.92. The second kappa shape index (κ2) is 10.9.